The van der Waals surface area contributed by atoms with Crippen molar-refractivity contribution in [2.45, 2.75) is 26.3 Å². The largest absolute Gasteiger partial charge is 0.454 e. The van der Waals surface area contributed by atoms with E-state index in [2.05, 4.69) is 4.90 Å². The van der Waals surface area contributed by atoms with Crippen LogP contribution in [0.15, 0.2) is 48.5 Å². The van der Waals surface area contributed by atoms with Crippen molar-refractivity contribution in [3.8, 4) is 11.5 Å². The number of para-hydroxylation sites is 1. The predicted molar refractivity (Wildman–Crippen MR) is 116 cm³/mol. The summed E-state index contributed by atoms with van der Waals surface area (Å²) in [7, 11) is 0. The van der Waals surface area contributed by atoms with Crippen LogP contribution >= 0.6 is 0 Å². The Labute approximate surface area is 176 Å². The van der Waals surface area contributed by atoms with Crippen molar-refractivity contribution in [3.05, 3.63) is 59.7 Å². The molecule has 1 amide bonds. The molecule has 1 aromatic heterocycles. The summed E-state index contributed by atoms with van der Waals surface area (Å²) in [4.78, 5) is 22.6. The zero-order valence-corrected chi connectivity index (χ0v) is 17.1. The van der Waals surface area contributed by atoms with Gasteiger partial charge in [0.05, 0.1) is 11.1 Å². The SMILES string of the molecule is CCN(Cc1ccc2c(c1)OCO2)C(=O)c1cc2ccccc2nc1N1CCCC1. The average Bonchev–Trinajstić information content (AvgIpc) is 3.48. The minimum atomic E-state index is 0.00956. The third-order valence-electron chi connectivity index (χ3n) is 5.82. The van der Waals surface area contributed by atoms with Crippen LogP contribution in [0.2, 0.25) is 0 Å². The lowest BCUT2D eigenvalue weighted by Gasteiger charge is -2.25. The van der Waals surface area contributed by atoms with Crippen LogP contribution in [-0.4, -0.2) is 42.2 Å². The highest BCUT2D eigenvalue weighted by molar-refractivity contribution is 6.02. The van der Waals surface area contributed by atoms with E-state index in [0.717, 1.165) is 59.7 Å². The Morgan fingerprint density at radius 2 is 1.87 bits per heavy atom. The summed E-state index contributed by atoms with van der Waals surface area (Å²) >= 11 is 0. The van der Waals surface area contributed by atoms with Crippen molar-refractivity contribution in [2.24, 2.45) is 0 Å². The second-order valence-corrected chi connectivity index (χ2v) is 7.75. The topological polar surface area (TPSA) is 54.9 Å². The molecular formula is C24H25N3O3. The van der Waals surface area contributed by atoms with Gasteiger partial charge >= 0.3 is 0 Å². The van der Waals surface area contributed by atoms with Gasteiger partial charge in [0, 0.05) is 31.6 Å². The van der Waals surface area contributed by atoms with E-state index >= 15 is 0 Å². The number of pyridine rings is 1. The van der Waals surface area contributed by atoms with E-state index in [1.807, 2.05) is 60.4 Å². The maximum atomic E-state index is 13.6. The van der Waals surface area contributed by atoms with E-state index in [0.29, 0.717) is 18.7 Å². The molecule has 2 aliphatic rings. The maximum absolute atomic E-state index is 13.6. The lowest BCUT2D eigenvalue weighted by atomic mass is 10.1. The predicted octanol–water partition coefficient (Wildman–Crippen LogP) is 4.23. The van der Waals surface area contributed by atoms with Gasteiger partial charge in [0.1, 0.15) is 5.82 Å². The molecule has 0 N–H and O–H groups in total. The highest BCUT2D eigenvalue weighted by Gasteiger charge is 2.25. The highest BCUT2D eigenvalue weighted by Crippen LogP contribution is 2.33. The van der Waals surface area contributed by atoms with Gasteiger partial charge in [0.25, 0.3) is 5.91 Å². The summed E-state index contributed by atoms with van der Waals surface area (Å²) in [5, 5.41) is 0.989. The Bertz CT molecular complexity index is 1090. The van der Waals surface area contributed by atoms with Crippen molar-refractivity contribution in [1.29, 1.82) is 0 Å². The number of rotatable bonds is 5. The van der Waals surface area contributed by atoms with Crippen LogP contribution in [0.5, 0.6) is 11.5 Å². The Balaban J connectivity index is 1.49. The Morgan fingerprint density at radius 3 is 2.70 bits per heavy atom. The van der Waals surface area contributed by atoms with Crippen molar-refractivity contribution in [3.63, 3.8) is 0 Å². The van der Waals surface area contributed by atoms with Gasteiger partial charge in [-0.1, -0.05) is 24.3 Å². The molecule has 0 saturated carbocycles. The fraction of sp³-hybridized carbons (Fsp3) is 0.333. The fourth-order valence-electron chi connectivity index (χ4n) is 4.19. The fourth-order valence-corrected chi connectivity index (χ4v) is 4.19. The van der Waals surface area contributed by atoms with Gasteiger partial charge < -0.3 is 19.3 Å². The molecule has 0 radical (unpaired) electrons. The van der Waals surface area contributed by atoms with Crippen LogP contribution in [0, 0.1) is 0 Å². The number of hydrogen-bond donors (Lipinski definition) is 0. The molecule has 0 unspecified atom stereocenters. The minimum absolute atomic E-state index is 0.00956. The second-order valence-electron chi connectivity index (χ2n) is 7.75. The summed E-state index contributed by atoms with van der Waals surface area (Å²) in [5.41, 5.74) is 2.62. The van der Waals surface area contributed by atoms with Gasteiger partial charge in [0.2, 0.25) is 6.79 Å². The average molecular weight is 403 g/mol. The van der Waals surface area contributed by atoms with E-state index in [-0.39, 0.29) is 12.7 Å². The van der Waals surface area contributed by atoms with Crippen molar-refractivity contribution in [1.82, 2.24) is 9.88 Å². The molecule has 6 nitrogen and oxygen atoms in total. The summed E-state index contributed by atoms with van der Waals surface area (Å²) in [6, 6.07) is 15.8. The summed E-state index contributed by atoms with van der Waals surface area (Å²) in [5.74, 6) is 2.31. The van der Waals surface area contributed by atoms with Gasteiger partial charge in [-0.25, -0.2) is 4.98 Å². The molecule has 0 spiro atoms. The van der Waals surface area contributed by atoms with E-state index in [1.54, 1.807) is 0 Å². The third-order valence-corrected chi connectivity index (χ3v) is 5.82. The normalized spacial score (nSPS) is 15.0. The Morgan fingerprint density at radius 1 is 1.07 bits per heavy atom. The molecule has 1 fully saturated rings. The molecule has 6 heteroatoms. The van der Waals surface area contributed by atoms with Crippen LogP contribution in [0.25, 0.3) is 10.9 Å². The number of ether oxygens (including phenoxy) is 2. The first-order chi connectivity index (χ1) is 14.7. The van der Waals surface area contributed by atoms with Crippen molar-refractivity contribution >= 4 is 22.6 Å². The molecule has 154 valence electrons. The molecule has 30 heavy (non-hydrogen) atoms. The van der Waals surface area contributed by atoms with Gasteiger partial charge in [-0.2, -0.15) is 0 Å². The van der Waals surface area contributed by atoms with Crippen LogP contribution in [0.3, 0.4) is 0 Å². The summed E-state index contributed by atoms with van der Waals surface area (Å²) in [6.07, 6.45) is 2.27. The Kier molecular flexibility index (Phi) is 4.91. The standard InChI is InChI=1S/C24H25N3O3/c1-2-26(15-17-9-10-21-22(13-17)30-16-29-21)24(28)19-14-18-7-3-4-8-20(18)25-23(19)27-11-5-6-12-27/h3-4,7-10,13-14H,2,5-6,11-12,15-16H2,1H3. The van der Waals surface area contributed by atoms with Gasteiger partial charge in [-0.15, -0.1) is 0 Å². The quantitative estimate of drug-likeness (QED) is 0.638. The minimum Gasteiger partial charge on any atom is -0.454 e. The molecule has 2 aromatic carbocycles. The molecule has 2 aliphatic heterocycles. The number of amides is 1. The number of hydrogen-bond acceptors (Lipinski definition) is 5. The second kappa shape index (κ2) is 7.86. The van der Waals surface area contributed by atoms with E-state index in [4.69, 9.17) is 14.5 Å². The van der Waals surface area contributed by atoms with Gasteiger partial charge in [0.15, 0.2) is 11.5 Å². The van der Waals surface area contributed by atoms with E-state index in [1.165, 1.54) is 0 Å². The third kappa shape index (κ3) is 3.43. The van der Waals surface area contributed by atoms with Crippen LogP contribution < -0.4 is 14.4 Å². The lowest BCUT2D eigenvalue weighted by molar-refractivity contribution is 0.0753. The van der Waals surface area contributed by atoms with Crippen molar-refractivity contribution < 1.29 is 14.3 Å². The molecule has 1 saturated heterocycles. The molecule has 3 aromatic rings. The van der Waals surface area contributed by atoms with Crippen LogP contribution in [-0.2, 0) is 6.54 Å². The van der Waals surface area contributed by atoms with Crippen LogP contribution in [0.1, 0.15) is 35.7 Å². The highest BCUT2D eigenvalue weighted by atomic mass is 16.7. The number of benzene rings is 2. The summed E-state index contributed by atoms with van der Waals surface area (Å²) < 4.78 is 10.9. The van der Waals surface area contributed by atoms with Gasteiger partial charge in [-0.3, -0.25) is 4.79 Å². The molecule has 0 atom stereocenters. The molecule has 3 heterocycles. The molecule has 5 rings (SSSR count). The number of carbonyl (C=O) groups is 1. The number of carbonyl (C=O) groups excluding carboxylic acids is 1. The number of aromatic nitrogens is 1. The summed E-state index contributed by atoms with van der Waals surface area (Å²) in [6.45, 7) is 5.27. The maximum Gasteiger partial charge on any atom is 0.257 e. The van der Waals surface area contributed by atoms with E-state index < -0.39 is 0 Å². The monoisotopic (exact) mass is 403 g/mol. The lowest BCUT2D eigenvalue weighted by Crippen LogP contribution is -2.32. The first-order valence-electron chi connectivity index (χ1n) is 10.6. The van der Waals surface area contributed by atoms with Gasteiger partial charge in [-0.05, 0) is 49.6 Å². The molecular weight excluding hydrogens is 378 g/mol. The molecule has 0 aliphatic carbocycles. The van der Waals surface area contributed by atoms with E-state index in [9.17, 15) is 4.79 Å². The first-order valence-corrected chi connectivity index (χ1v) is 10.6. The first kappa shape index (κ1) is 18.7. The van der Waals surface area contributed by atoms with Crippen molar-refractivity contribution in [2.75, 3.05) is 31.3 Å². The Hall–Kier alpha value is -3.28. The smallest absolute Gasteiger partial charge is 0.257 e. The zero-order chi connectivity index (χ0) is 20.5. The molecule has 0 bridgehead atoms. The number of anilines is 1. The number of fused-ring (bicyclic) bond motifs is 2. The zero-order valence-electron chi connectivity index (χ0n) is 17.1. The van der Waals surface area contributed by atoms with Crippen LogP contribution in [0.4, 0.5) is 5.82 Å². The number of nitrogens with zero attached hydrogens (tertiary/aromatic N) is 3.